The molecule has 0 bridgehead atoms. The first-order valence-corrected chi connectivity index (χ1v) is 11.7. The van der Waals surface area contributed by atoms with Crippen LogP contribution in [0.1, 0.15) is 24.4 Å². The van der Waals surface area contributed by atoms with Crippen LogP contribution in [-0.2, 0) is 11.2 Å². The standard InChI is InChI=1S/C23H20FN5O2S.C2H6/c1-15-20(32-22(28-15)16-5-7-17(24)8-6-16)9-10-25-21-23(31)29(12-11-26-21)19-4-2-3-18(13-19)27-14-30;1-2/h2-8,11-14H,9-10H2,1H3,(H,25,26)(H,27,30);1-2H3. The molecule has 0 spiro atoms. The van der Waals surface area contributed by atoms with Gasteiger partial charge in [0, 0.05) is 41.5 Å². The van der Waals surface area contributed by atoms with E-state index in [2.05, 4.69) is 20.6 Å². The van der Waals surface area contributed by atoms with Gasteiger partial charge >= 0.3 is 0 Å². The number of halogens is 1. The molecule has 7 nitrogen and oxygen atoms in total. The van der Waals surface area contributed by atoms with Crippen molar-refractivity contribution in [3.05, 3.63) is 87.7 Å². The van der Waals surface area contributed by atoms with Crippen molar-refractivity contribution in [2.24, 2.45) is 0 Å². The zero-order chi connectivity index (χ0) is 24.5. The van der Waals surface area contributed by atoms with E-state index < -0.39 is 0 Å². The fraction of sp³-hybridized carbons (Fsp3) is 0.200. The zero-order valence-electron chi connectivity index (χ0n) is 19.2. The van der Waals surface area contributed by atoms with E-state index in [9.17, 15) is 14.0 Å². The number of hydrogen-bond acceptors (Lipinski definition) is 6. The topological polar surface area (TPSA) is 88.9 Å². The van der Waals surface area contributed by atoms with Crippen LogP contribution in [0.5, 0.6) is 0 Å². The van der Waals surface area contributed by atoms with Gasteiger partial charge in [0.15, 0.2) is 5.82 Å². The molecule has 0 aliphatic rings. The second kappa shape index (κ2) is 11.9. The summed E-state index contributed by atoms with van der Waals surface area (Å²) in [6, 6.07) is 13.2. The fourth-order valence-electron chi connectivity index (χ4n) is 3.22. The first kappa shape index (κ1) is 24.8. The van der Waals surface area contributed by atoms with Crippen LogP contribution >= 0.6 is 11.3 Å². The van der Waals surface area contributed by atoms with E-state index in [0.29, 0.717) is 30.8 Å². The van der Waals surface area contributed by atoms with Crippen molar-refractivity contribution < 1.29 is 9.18 Å². The van der Waals surface area contributed by atoms with Crippen LogP contribution in [0, 0.1) is 12.7 Å². The average molecular weight is 480 g/mol. The smallest absolute Gasteiger partial charge is 0.297 e. The van der Waals surface area contributed by atoms with Crippen molar-refractivity contribution in [3.63, 3.8) is 0 Å². The Bertz CT molecular complexity index is 1300. The van der Waals surface area contributed by atoms with Gasteiger partial charge in [-0.15, -0.1) is 11.3 Å². The van der Waals surface area contributed by atoms with Gasteiger partial charge in [-0.1, -0.05) is 19.9 Å². The molecule has 0 saturated heterocycles. The van der Waals surface area contributed by atoms with Crippen molar-refractivity contribution in [1.82, 2.24) is 14.5 Å². The van der Waals surface area contributed by atoms with E-state index in [1.54, 1.807) is 60.1 Å². The lowest BCUT2D eigenvalue weighted by molar-refractivity contribution is -0.105. The van der Waals surface area contributed by atoms with Crippen LogP contribution in [0.15, 0.2) is 65.7 Å². The minimum atomic E-state index is -0.288. The summed E-state index contributed by atoms with van der Waals surface area (Å²) in [5.41, 5.74) is 2.71. The van der Waals surface area contributed by atoms with Gasteiger partial charge in [0.2, 0.25) is 6.41 Å². The van der Waals surface area contributed by atoms with Gasteiger partial charge < -0.3 is 10.6 Å². The molecule has 0 atom stereocenters. The van der Waals surface area contributed by atoms with Crippen LogP contribution in [0.25, 0.3) is 16.3 Å². The lowest BCUT2D eigenvalue weighted by Gasteiger charge is -2.10. The molecule has 2 heterocycles. The van der Waals surface area contributed by atoms with Crippen LogP contribution in [-0.4, -0.2) is 27.5 Å². The fourth-order valence-corrected chi connectivity index (χ4v) is 4.29. The summed E-state index contributed by atoms with van der Waals surface area (Å²) in [7, 11) is 0. The summed E-state index contributed by atoms with van der Waals surface area (Å²) in [5, 5.41) is 6.52. The molecule has 0 unspecified atom stereocenters. The summed E-state index contributed by atoms with van der Waals surface area (Å²) >= 11 is 1.55. The van der Waals surface area contributed by atoms with Crippen molar-refractivity contribution in [2.75, 3.05) is 17.2 Å². The normalized spacial score (nSPS) is 10.2. The number of thiazole rings is 1. The molecule has 0 radical (unpaired) electrons. The number of benzene rings is 2. The predicted molar refractivity (Wildman–Crippen MR) is 135 cm³/mol. The van der Waals surface area contributed by atoms with Gasteiger partial charge in [-0.05, 0) is 49.4 Å². The molecule has 176 valence electrons. The maximum atomic E-state index is 13.2. The highest BCUT2D eigenvalue weighted by atomic mass is 32.1. The number of aryl methyl sites for hydroxylation is 1. The summed E-state index contributed by atoms with van der Waals surface area (Å²) in [4.78, 5) is 33.4. The number of carbonyl (C=O) groups is 1. The highest BCUT2D eigenvalue weighted by Gasteiger charge is 2.11. The largest absolute Gasteiger partial charge is 0.365 e. The second-order valence-corrected chi connectivity index (χ2v) is 8.06. The van der Waals surface area contributed by atoms with Gasteiger partial charge in [-0.3, -0.25) is 14.2 Å². The number of nitrogens with zero attached hydrogens (tertiary/aromatic N) is 3. The van der Waals surface area contributed by atoms with Gasteiger partial charge in [-0.2, -0.15) is 0 Å². The summed E-state index contributed by atoms with van der Waals surface area (Å²) < 4.78 is 14.6. The Morgan fingerprint density at radius 1 is 1.15 bits per heavy atom. The van der Waals surface area contributed by atoms with Gasteiger partial charge in [-0.25, -0.2) is 14.4 Å². The van der Waals surface area contributed by atoms with Crippen molar-refractivity contribution in [2.45, 2.75) is 27.2 Å². The molecule has 34 heavy (non-hydrogen) atoms. The van der Waals surface area contributed by atoms with Gasteiger partial charge in [0.1, 0.15) is 10.8 Å². The molecule has 4 rings (SSSR count). The maximum absolute atomic E-state index is 13.2. The molecule has 9 heteroatoms. The molecule has 0 aliphatic carbocycles. The number of aromatic nitrogens is 3. The number of carbonyl (C=O) groups excluding carboxylic acids is 1. The van der Waals surface area contributed by atoms with Crippen LogP contribution in [0.2, 0.25) is 0 Å². The molecule has 2 aromatic heterocycles. The Morgan fingerprint density at radius 3 is 2.65 bits per heavy atom. The molecular weight excluding hydrogens is 453 g/mol. The van der Waals surface area contributed by atoms with Crippen molar-refractivity contribution in [1.29, 1.82) is 0 Å². The third-order valence-electron chi connectivity index (χ3n) is 4.82. The second-order valence-electron chi connectivity index (χ2n) is 6.97. The van der Waals surface area contributed by atoms with Crippen molar-refractivity contribution >= 4 is 29.3 Å². The lowest BCUT2D eigenvalue weighted by Crippen LogP contribution is -2.24. The average Bonchev–Trinajstić information content (AvgIpc) is 3.22. The Labute approximate surface area is 201 Å². The number of nitrogens with one attached hydrogen (secondary N) is 2. The summed E-state index contributed by atoms with van der Waals surface area (Å²) in [6.07, 6.45) is 4.38. The van der Waals surface area contributed by atoms with Crippen LogP contribution in [0.3, 0.4) is 0 Å². The van der Waals surface area contributed by atoms with Crippen molar-refractivity contribution in [3.8, 4) is 16.3 Å². The summed E-state index contributed by atoms with van der Waals surface area (Å²) in [5.74, 6) is -0.0404. The predicted octanol–water partition coefficient (Wildman–Crippen LogP) is 5.05. The Hall–Kier alpha value is -3.85. The van der Waals surface area contributed by atoms with E-state index in [1.807, 2.05) is 20.8 Å². The molecule has 1 amide bonds. The Kier molecular flexibility index (Phi) is 8.64. The number of anilines is 2. The molecule has 2 N–H and O–H groups in total. The van der Waals surface area contributed by atoms with E-state index in [1.165, 1.54) is 16.7 Å². The molecule has 0 saturated carbocycles. The Balaban J connectivity index is 0.00000158. The van der Waals surface area contributed by atoms with E-state index in [-0.39, 0.29) is 17.2 Å². The quantitative estimate of drug-likeness (QED) is 0.345. The highest BCUT2D eigenvalue weighted by Crippen LogP contribution is 2.28. The van der Waals surface area contributed by atoms with Crippen LogP contribution in [0.4, 0.5) is 15.9 Å². The van der Waals surface area contributed by atoms with E-state index in [0.717, 1.165) is 21.1 Å². The van der Waals surface area contributed by atoms with E-state index in [4.69, 9.17) is 0 Å². The maximum Gasteiger partial charge on any atom is 0.297 e. The first-order chi connectivity index (χ1) is 16.5. The lowest BCUT2D eigenvalue weighted by atomic mass is 10.2. The molecule has 2 aromatic carbocycles. The van der Waals surface area contributed by atoms with E-state index >= 15 is 0 Å². The van der Waals surface area contributed by atoms with Gasteiger partial charge in [0.05, 0.1) is 11.4 Å². The third kappa shape index (κ3) is 5.93. The minimum Gasteiger partial charge on any atom is -0.365 e. The number of hydrogen-bond donors (Lipinski definition) is 2. The number of amides is 1. The zero-order valence-corrected chi connectivity index (χ0v) is 20.0. The third-order valence-corrected chi connectivity index (χ3v) is 6.09. The molecule has 4 aromatic rings. The summed E-state index contributed by atoms with van der Waals surface area (Å²) in [6.45, 7) is 6.44. The molecule has 0 aliphatic heterocycles. The monoisotopic (exact) mass is 479 g/mol. The highest BCUT2D eigenvalue weighted by molar-refractivity contribution is 7.15. The van der Waals surface area contributed by atoms with Gasteiger partial charge in [0.25, 0.3) is 5.56 Å². The Morgan fingerprint density at radius 2 is 1.91 bits per heavy atom. The minimum absolute atomic E-state index is 0.238. The first-order valence-electron chi connectivity index (χ1n) is 10.9. The van der Waals surface area contributed by atoms with Crippen LogP contribution < -0.4 is 16.2 Å². The molecule has 0 fully saturated rings. The molecular formula is C25H26FN5O2S. The number of rotatable bonds is 8. The SMILES string of the molecule is CC.Cc1nc(-c2ccc(F)cc2)sc1CCNc1nccn(-c2cccc(NC=O)c2)c1=O.